The van der Waals surface area contributed by atoms with Crippen LogP contribution in [-0.2, 0) is 13.6 Å². The molecular formula is C22H33ClF2N6O3. The smallest absolute Gasteiger partial charge is 0.328 e. The van der Waals surface area contributed by atoms with Gasteiger partial charge >= 0.3 is 5.69 Å². The fourth-order valence-corrected chi connectivity index (χ4v) is 4.82. The second kappa shape index (κ2) is 9.36. The molecule has 9 nitrogen and oxygen atoms in total. The average Bonchev–Trinajstić information content (AvgIpc) is 3.20. The number of aliphatic hydroxyl groups is 2. The summed E-state index contributed by atoms with van der Waals surface area (Å²) in [4.78, 5) is 14.3. The number of fused-ring (bicyclic) bond motifs is 1. The van der Waals surface area contributed by atoms with Crippen LogP contribution in [0.4, 0.5) is 14.5 Å². The normalized spacial score (nSPS) is 28.0. The number of rotatable bonds is 7. The van der Waals surface area contributed by atoms with Crippen LogP contribution in [0, 0.1) is 5.92 Å². The summed E-state index contributed by atoms with van der Waals surface area (Å²) in [6, 6.07) is 5.54. The van der Waals surface area contributed by atoms with Gasteiger partial charge in [0.05, 0.1) is 47.2 Å². The molecule has 1 aromatic heterocycles. The van der Waals surface area contributed by atoms with E-state index in [0.717, 1.165) is 16.7 Å². The molecule has 1 aromatic carbocycles. The Hall–Kier alpha value is -1.76. The maximum atomic E-state index is 14.1. The number of aryl methyl sites for hydroxylation is 2. The number of anilines is 1. The Balaban J connectivity index is 1.52. The average molecular weight is 503 g/mol. The van der Waals surface area contributed by atoms with Crippen molar-refractivity contribution in [3.8, 4) is 0 Å². The summed E-state index contributed by atoms with van der Waals surface area (Å²) in [5.74, 6) is -4.05. The number of nitrogens with zero attached hydrogens (tertiary/aromatic N) is 3. The van der Waals surface area contributed by atoms with Gasteiger partial charge in [-0.3, -0.25) is 24.7 Å². The lowest BCUT2D eigenvalue weighted by atomic mass is 10.1. The molecule has 2 saturated heterocycles. The van der Waals surface area contributed by atoms with Crippen LogP contribution in [-0.4, -0.2) is 79.8 Å². The van der Waals surface area contributed by atoms with Gasteiger partial charge in [0.2, 0.25) is 0 Å². The number of benzene rings is 1. The van der Waals surface area contributed by atoms with Crippen LogP contribution in [0.5, 0.6) is 0 Å². The highest BCUT2D eigenvalue weighted by atomic mass is 35.5. The van der Waals surface area contributed by atoms with E-state index in [1.807, 2.05) is 18.2 Å². The van der Waals surface area contributed by atoms with Crippen LogP contribution in [0.3, 0.4) is 0 Å². The minimum atomic E-state index is -2.95. The SMILES string of the molecule is Cn1c(=O)n(CCC(C)(C)O)c2cc(NC3NC(N4CC(CO)C(F)(F)C4)NCC3Cl)ccc21. The zero-order valence-electron chi connectivity index (χ0n) is 19.6. The van der Waals surface area contributed by atoms with E-state index < -0.39 is 43.0 Å². The van der Waals surface area contributed by atoms with E-state index in [1.54, 1.807) is 34.9 Å². The van der Waals surface area contributed by atoms with Crippen LogP contribution >= 0.6 is 11.6 Å². The molecule has 4 atom stereocenters. The number of hydrogen-bond donors (Lipinski definition) is 5. The number of nitrogens with one attached hydrogen (secondary N) is 3. The molecule has 0 amide bonds. The standard InChI is InChI=1S/C22H33ClF2N6O3/c1-21(2,34)6-7-31-17-8-14(4-5-16(17)29(3)20(31)33)27-18-15(23)9-26-19(28-18)30-10-13(11-32)22(24,25)12-30/h4-5,8,13,15,18-19,26-28,32,34H,6-7,9-12H2,1-3H3. The number of halogens is 3. The second-order valence-electron chi connectivity index (χ2n) is 9.94. The lowest BCUT2D eigenvalue weighted by molar-refractivity contribution is -0.0461. The van der Waals surface area contributed by atoms with Crippen molar-refractivity contribution < 1.29 is 19.0 Å². The number of aromatic nitrogens is 2. The van der Waals surface area contributed by atoms with Crippen molar-refractivity contribution in [2.75, 3.05) is 31.6 Å². The molecule has 0 spiro atoms. The molecule has 5 N–H and O–H groups in total. The Morgan fingerprint density at radius 1 is 1.32 bits per heavy atom. The van der Waals surface area contributed by atoms with Crippen molar-refractivity contribution in [3.05, 3.63) is 28.7 Å². The quantitative estimate of drug-likeness (QED) is 0.358. The first-order chi connectivity index (χ1) is 15.9. The third kappa shape index (κ3) is 5.09. The van der Waals surface area contributed by atoms with Gasteiger partial charge in [0.25, 0.3) is 5.92 Å². The fourth-order valence-electron chi connectivity index (χ4n) is 4.59. The summed E-state index contributed by atoms with van der Waals surface area (Å²) in [7, 11) is 1.71. The maximum Gasteiger partial charge on any atom is 0.328 e. The minimum Gasteiger partial charge on any atom is -0.396 e. The molecule has 34 heavy (non-hydrogen) atoms. The summed E-state index contributed by atoms with van der Waals surface area (Å²) in [5, 5.41) is 28.8. The van der Waals surface area contributed by atoms with Gasteiger partial charge in [-0.25, -0.2) is 13.6 Å². The number of hydrogen-bond acceptors (Lipinski definition) is 7. The number of alkyl halides is 3. The van der Waals surface area contributed by atoms with Gasteiger partial charge in [0.1, 0.15) is 6.29 Å². The first-order valence-corrected chi connectivity index (χ1v) is 11.9. The number of aliphatic hydroxyl groups excluding tert-OH is 1. The predicted octanol–water partition coefficient (Wildman–Crippen LogP) is 0.882. The molecule has 0 radical (unpaired) electrons. The van der Waals surface area contributed by atoms with Gasteiger partial charge < -0.3 is 15.5 Å². The minimum absolute atomic E-state index is 0.0668. The molecule has 3 heterocycles. The highest BCUT2D eigenvalue weighted by Crippen LogP contribution is 2.33. The molecule has 2 aliphatic heterocycles. The Labute approximate surface area is 201 Å². The van der Waals surface area contributed by atoms with E-state index in [4.69, 9.17) is 11.6 Å². The van der Waals surface area contributed by atoms with Gasteiger partial charge in [-0.1, -0.05) is 0 Å². The van der Waals surface area contributed by atoms with Crippen LogP contribution in [0.15, 0.2) is 23.0 Å². The van der Waals surface area contributed by atoms with E-state index in [1.165, 1.54) is 0 Å². The summed E-state index contributed by atoms with van der Waals surface area (Å²) in [5.41, 5.74) is 1.14. The molecule has 0 aliphatic carbocycles. The van der Waals surface area contributed by atoms with Crippen LogP contribution in [0.2, 0.25) is 0 Å². The second-order valence-corrected chi connectivity index (χ2v) is 10.5. The first kappa shape index (κ1) is 25.3. The van der Waals surface area contributed by atoms with Crippen molar-refractivity contribution in [3.63, 3.8) is 0 Å². The molecule has 4 unspecified atom stereocenters. The summed E-state index contributed by atoms with van der Waals surface area (Å²) >= 11 is 6.51. The Bertz CT molecular complexity index is 1080. The van der Waals surface area contributed by atoms with Crippen molar-refractivity contribution in [2.24, 2.45) is 13.0 Å². The van der Waals surface area contributed by atoms with E-state index in [9.17, 15) is 23.8 Å². The van der Waals surface area contributed by atoms with Gasteiger partial charge in [-0.05, 0) is 38.5 Å². The molecule has 12 heteroatoms. The highest BCUT2D eigenvalue weighted by Gasteiger charge is 2.50. The Morgan fingerprint density at radius 3 is 2.71 bits per heavy atom. The summed E-state index contributed by atoms with van der Waals surface area (Å²) < 4.78 is 31.5. The Morgan fingerprint density at radius 2 is 2.06 bits per heavy atom. The molecule has 0 bridgehead atoms. The van der Waals surface area contributed by atoms with E-state index >= 15 is 0 Å². The molecule has 2 fully saturated rings. The molecular weight excluding hydrogens is 470 g/mol. The molecule has 2 aliphatic rings. The third-order valence-electron chi connectivity index (χ3n) is 6.67. The monoisotopic (exact) mass is 502 g/mol. The van der Waals surface area contributed by atoms with Crippen molar-refractivity contribution in [2.45, 2.75) is 56.2 Å². The predicted molar refractivity (Wildman–Crippen MR) is 127 cm³/mol. The van der Waals surface area contributed by atoms with Crippen LogP contribution in [0.25, 0.3) is 11.0 Å². The zero-order valence-corrected chi connectivity index (χ0v) is 20.3. The van der Waals surface area contributed by atoms with Gasteiger partial charge in [0, 0.05) is 32.4 Å². The first-order valence-electron chi connectivity index (χ1n) is 11.4. The maximum absolute atomic E-state index is 14.1. The van der Waals surface area contributed by atoms with Crippen LogP contribution < -0.4 is 21.6 Å². The summed E-state index contributed by atoms with van der Waals surface area (Å²) in [6.07, 6.45) is -0.534. The lowest BCUT2D eigenvalue weighted by Gasteiger charge is -2.40. The topological polar surface area (TPSA) is 107 Å². The van der Waals surface area contributed by atoms with E-state index in [2.05, 4.69) is 16.0 Å². The van der Waals surface area contributed by atoms with Crippen molar-refractivity contribution in [1.29, 1.82) is 0 Å². The van der Waals surface area contributed by atoms with Gasteiger partial charge in [0.15, 0.2) is 0 Å². The number of likely N-dealkylation sites (tertiary alicyclic amines) is 1. The molecule has 4 rings (SSSR count). The number of imidazole rings is 1. The Kier molecular flexibility index (Phi) is 6.98. The van der Waals surface area contributed by atoms with Gasteiger partial charge in [-0.15, -0.1) is 11.6 Å². The van der Waals surface area contributed by atoms with Crippen molar-refractivity contribution >= 4 is 28.3 Å². The molecule has 2 aromatic rings. The van der Waals surface area contributed by atoms with Crippen molar-refractivity contribution in [1.82, 2.24) is 24.7 Å². The molecule has 190 valence electrons. The highest BCUT2D eigenvalue weighted by molar-refractivity contribution is 6.21. The van der Waals surface area contributed by atoms with E-state index in [-0.39, 0.29) is 17.6 Å². The zero-order chi connectivity index (χ0) is 24.8. The van der Waals surface area contributed by atoms with Crippen LogP contribution in [0.1, 0.15) is 20.3 Å². The third-order valence-corrected chi connectivity index (χ3v) is 7.08. The summed E-state index contributed by atoms with van der Waals surface area (Å²) in [6.45, 7) is 3.21. The lowest BCUT2D eigenvalue weighted by Crippen LogP contribution is -2.67. The van der Waals surface area contributed by atoms with Gasteiger partial charge in [-0.2, -0.15) is 0 Å². The largest absolute Gasteiger partial charge is 0.396 e. The molecule has 0 saturated carbocycles. The fraction of sp³-hybridized carbons (Fsp3) is 0.682. The van der Waals surface area contributed by atoms with E-state index in [0.29, 0.717) is 19.5 Å².